The van der Waals surface area contributed by atoms with Crippen molar-refractivity contribution in [2.75, 3.05) is 0 Å². The highest BCUT2D eigenvalue weighted by atomic mass is 35.5. The number of hydrogen-bond acceptors (Lipinski definition) is 3. The Kier molecular flexibility index (Phi) is 3.05. The maximum atomic E-state index is 10.5. The highest BCUT2D eigenvalue weighted by Gasteiger charge is 2.13. The van der Waals surface area contributed by atoms with Gasteiger partial charge in [-0.2, -0.15) is 0 Å². The highest BCUT2D eigenvalue weighted by Crippen LogP contribution is 2.20. The van der Waals surface area contributed by atoms with E-state index >= 15 is 0 Å². The average Bonchev–Trinajstić information content (AvgIpc) is 2.35. The van der Waals surface area contributed by atoms with Crippen LogP contribution in [0.4, 0.5) is 0 Å². The van der Waals surface area contributed by atoms with Crippen LogP contribution in [0.1, 0.15) is 11.9 Å². The highest BCUT2D eigenvalue weighted by molar-refractivity contribution is 7.15. The second-order valence-electron chi connectivity index (χ2n) is 2.50. The molecule has 1 aromatic heterocycles. The quantitative estimate of drug-likeness (QED) is 0.822. The molecule has 1 aromatic rings. The van der Waals surface area contributed by atoms with Crippen LogP contribution in [0.3, 0.4) is 0 Å². The fourth-order valence-corrected chi connectivity index (χ4v) is 1.82. The minimum absolute atomic E-state index is 0.396. The van der Waals surface area contributed by atoms with Crippen molar-refractivity contribution in [3.05, 3.63) is 15.5 Å². The molecule has 0 radical (unpaired) electrons. The maximum absolute atomic E-state index is 10.5. The molecule has 0 aliphatic heterocycles. The molecule has 0 bridgehead atoms. The Labute approximate surface area is 79.0 Å². The van der Waals surface area contributed by atoms with Gasteiger partial charge in [-0.1, -0.05) is 18.5 Å². The third kappa shape index (κ3) is 2.46. The zero-order chi connectivity index (χ0) is 9.14. The van der Waals surface area contributed by atoms with Crippen molar-refractivity contribution >= 4 is 28.9 Å². The van der Waals surface area contributed by atoms with Crippen LogP contribution in [0, 0.1) is 5.92 Å². The molecule has 5 heteroatoms. The monoisotopic (exact) mass is 205 g/mol. The summed E-state index contributed by atoms with van der Waals surface area (Å²) in [6.45, 7) is 1.65. The standard InChI is InChI=1S/C7H8ClNO2S/c1-4(7(10)11)2-6-9-3-5(8)12-6/h3-4H,2H2,1H3,(H,10,11). The summed E-state index contributed by atoms with van der Waals surface area (Å²) in [6, 6.07) is 0. The van der Waals surface area contributed by atoms with Crippen molar-refractivity contribution in [3.63, 3.8) is 0 Å². The third-order valence-corrected chi connectivity index (χ3v) is 2.56. The van der Waals surface area contributed by atoms with E-state index in [1.165, 1.54) is 17.5 Å². The van der Waals surface area contributed by atoms with E-state index in [-0.39, 0.29) is 0 Å². The summed E-state index contributed by atoms with van der Waals surface area (Å²) in [4.78, 5) is 14.4. The van der Waals surface area contributed by atoms with Gasteiger partial charge in [0.15, 0.2) is 0 Å². The lowest BCUT2D eigenvalue weighted by Crippen LogP contribution is -2.11. The van der Waals surface area contributed by atoms with Crippen LogP contribution in [-0.2, 0) is 11.2 Å². The SMILES string of the molecule is CC(Cc1ncc(Cl)s1)C(=O)O. The summed E-state index contributed by atoms with van der Waals surface area (Å²) < 4.78 is 0.600. The molecule has 0 aliphatic rings. The Hall–Kier alpha value is -0.610. The van der Waals surface area contributed by atoms with E-state index in [0.29, 0.717) is 10.8 Å². The molecule has 1 atom stereocenters. The number of rotatable bonds is 3. The van der Waals surface area contributed by atoms with E-state index in [1.807, 2.05) is 0 Å². The zero-order valence-electron chi connectivity index (χ0n) is 6.45. The normalized spacial score (nSPS) is 12.8. The van der Waals surface area contributed by atoms with Crippen LogP contribution in [0.5, 0.6) is 0 Å². The van der Waals surface area contributed by atoms with Crippen LogP contribution >= 0.6 is 22.9 Å². The van der Waals surface area contributed by atoms with Crippen LogP contribution in [0.15, 0.2) is 6.20 Å². The van der Waals surface area contributed by atoms with Gasteiger partial charge in [-0.05, 0) is 0 Å². The molecule has 3 nitrogen and oxygen atoms in total. The summed E-state index contributed by atoms with van der Waals surface area (Å²) in [5.41, 5.74) is 0. The molecular formula is C7H8ClNO2S. The predicted molar refractivity (Wildman–Crippen MR) is 47.6 cm³/mol. The van der Waals surface area contributed by atoms with Crippen molar-refractivity contribution in [2.45, 2.75) is 13.3 Å². The molecule has 0 spiro atoms. The van der Waals surface area contributed by atoms with Gasteiger partial charge in [0.05, 0.1) is 17.1 Å². The zero-order valence-corrected chi connectivity index (χ0v) is 8.02. The Morgan fingerprint density at radius 2 is 2.58 bits per heavy atom. The van der Waals surface area contributed by atoms with Gasteiger partial charge in [0, 0.05) is 6.42 Å². The number of halogens is 1. The van der Waals surface area contributed by atoms with E-state index in [4.69, 9.17) is 16.7 Å². The van der Waals surface area contributed by atoms with Gasteiger partial charge in [-0.25, -0.2) is 4.98 Å². The fraction of sp³-hybridized carbons (Fsp3) is 0.429. The minimum atomic E-state index is -0.804. The van der Waals surface area contributed by atoms with Crippen LogP contribution < -0.4 is 0 Å². The predicted octanol–water partition coefficient (Wildman–Crippen LogP) is 2.06. The third-order valence-electron chi connectivity index (χ3n) is 1.43. The first kappa shape index (κ1) is 9.48. The van der Waals surface area contributed by atoms with Gasteiger partial charge in [-0.15, -0.1) is 11.3 Å². The lowest BCUT2D eigenvalue weighted by Gasteiger charge is -2.00. The number of carboxylic acids is 1. The van der Waals surface area contributed by atoms with Crippen molar-refractivity contribution in [1.29, 1.82) is 0 Å². The molecule has 1 unspecified atom stereocenters. The Morgan fingerprint density at radius 3 is 3.00 bits per heavy atom. The first-order chi connectivity index (χ1) is 5.59. The van der Waals surface area contributed by atoms with E-state index in [9.17, 15) is 4.79 Å². The molecule has 1 heterocycles. The van der Waals surface area contributed by atoms with Crippen LogP contribution in [0.25, 0.3) is 0 Å². The average molecular weight is 206 g/mol. The molecule has 0 saturated heterocycles. The number of nitrogens with zero attached hydrogens (tertiary/aromatic N) is 1. The minimum Gasteiger partial charge on any atom is -0.481 e. The van der Waals surface area contributed by atoms with Gasteiger partial charge in [-0.3, -0.25) is 4.79 Å². The van der Waals surface area contributed by atoms with E-state index in [1.54, 1.807) is 6.92 Å². The molecule has 0 aliphatic carbocycles. The van der Waals surface area contributed by atoms with Gasteiger partial charge in [0.25, 0.3) is 0 Å². The van der Waals surface area contributed by atoms with E-state index in [2.05, 4.69) is 4.98 Å². The summed E-state index contributed by atoms with van der Waals surface area (Å²) in [7, 11) is 0. The molecule has 12 heavy (non-hydrogen) atoms. The Morgan fingerprint density at radius 1 is 1.92 bits per heavy atom. The van der Waals surface area contributed by atoms with Gasteiger partial charge in [0.1, 0.15) is 4.34 Å². The Balaban J connectivity index is 2.58. The first-order valence-electron chi connectivity index (χ1n) is 3.42. The van der Waals surface area contributed by atoms with Crippen molar-refractivity contribution < 1.29 is 9.90 Å². The summed E-state index contributed by atoms with van der Waals surface area (Å²) in [5, 5.41) is 9.37. The molecule has 0 fully saturated rings. The molecule has 66 valence electrons. The summed E-state index contributed by atoms with van der Waals surface area (Å²) >= 11 is 6.96. The first-order valence-corrected chi connectivity index (χ1v) is 4.62. The number of hydrogen-bond donors (Lipinski definition) is 1. The lowest BCUT2D eigenvalue weighted by molar-refractivity contribution is -0.141. The summed E-state index contributed by atoms with van der Waals surface area (Å²) in [5.74, 6) is -1.20. The topological polar surface area (TPSA) is 50.2 Å². The maximum Gasteiger partial charge on any atom is 0.306 e. The van der Waals surface area contributed by atoms with Gasteiger partial charge in [0.2, 0.25) is 0 Å². The second kappa shape index (κ2) is 3.87. The number of aromatic nitrogens is 1. The molecular weight excluding hydrogens is 198 g/mol. The van der Waals surface area contributed by atoms with E-state index < -0.39 is 11.9 Å². The molecule has 1 N–H and O–H groups in total. The summed E-state index contributed by atoms with van der Waals surface area (Å²) in [6.07, 6.45) is 1.99. The van der Waals surface area contributed by atoms with Crippen molar-refractivity contribution in [3.8, 4) is 0 Å². The van der Waals surface area contributed by atoms with E-state index in [0.717, 1.165) is 5.01 Å². The van der Waals surface area contributed by atoms with Gasteiger partial charge >= 0.3 is 5.97 Å². The number of thiazole rings is 1. The number of carboxylic acid groups (broad SMARTS) is 1. The largest absolute Gasteiger partial charge is 0.481 e. The van der Waals surface area contributed by atoms with Gasteiger partial charge < -0.3 is 5.11 Å². The number of carbonyl (C=O) groups is 1. The van der Waals surface area contributed by atoms with Crippen LogP contribution in [-0.4, -0.2) is 16.1 Å². The fourth-order valence-electron chi connectivity index (χ4n) is 0.732. The van der Waals surface area contributed by atoms with Crippen LogP contribution in [0.2, 0.25) is 4.34 Å². The molecule has 1 rings (SSSR count). The van der Waals surface area contributed by atoms with Crippen molar-refractivity contribution in [2.24, 2.45) is 5.92 Å². The molecule has 0 saturated carbocycles. The second-order valence-corrected chi connectivity index (χ2v) is 4.25. The number of aliphatic carboxylic acids is 1. The molecule has 0 aromatic carbocycles. The molecule has 0 amide bonds. The lowest BCUT2D eigenvalue weighted by atomic mass is 10.1. The Bertz CT molecular complexity index is 287. The van der Waals surface area contributed by atoms with Crippen molar-refractivity contribution in [1.82, 2.24) is 4.98 Å². The smallest absolute Gasteiger partial charge is 0.306 e.